The van der Waals surface area contributed by atoms with Gasteiger partial charge in [0.1, 0.15) is 22.8 Å². The van der Waals surface area contributed by atoms with Crippen molar-refractivity contribution in [2.24, 2.45) is 17.6 Å². The van der Waals surface area contributed by atoms with Crippen molar-refractivity contribution in [2.45, 2.75) is 31.1 Å². The molecule has 0 bridgehead atoms. The smallest absolute Gasteiger partial charge is 0.255 e. The summed E-state index contributed by atoms with van der Waals surface area (Å²) in [7, 11) is 2.92. The quantitative estimate of drug-likeness (QED) is 0.357. The highest BCUT2D eigenvalue weighted by Gasteiger charge is 2.64. The van der Waals surface area contributed by atoms with Gasteiger partial charge in [-0.1, -0.05) is 24.3 Å². The molecule has 4 atom stereocenters. The average Bonchev–Trinajstić information content (AvgIpc) is 2.89. The average molecular weight is 537 g/mol. The first-order valence-corrected chi connectivity index (χ1v) is 12.4. The van der Waals surface area contributed by atoms with Crippen molar-refractivity contribution in [3.05, 3.63) is 70.0 Å². The Labute approximate surface area is 226 Å². The highest BCUT2D eigenvalue weighted by Crippen LogP contribution is 2.53. The number of hydrogen-bond donors (Lipinski definition) is 5. The van der Waals surface area contributed by atoms with Crippen LogP contribution < -0.4 is 5.73 Å². The summed E-state index contributed by atoms with van der Waals surface area (Å²) in [6.45, 7) is 0.231. The van der Waals surface area contributed by atoms with Crippen molar-refractivity contribution in [1.29, 1.82) is 0 Å². The molecule has 39 heavy (non-hydrogen) atoms. The molecule has 0 heterocycles. The Morgan fingerprint density at radius 1 is 1.21 bits per heavy atom. The second-order valence-electron chi connectivity index (χ2n) is 10.5. The fourth-order valence-corrected chi connectivity index (χ4v) is 6.46. The molecule has 10 heteroatoms. The van der Waals surface area contributed by atoms with Crippen LogP contribution in [0.5, 0.6) is 5.75 Å². The largest absolute Gasteiger partial charge is 0.508 e. The summed E-state index contributed by atoms with van der Waals surface area (Å²) in [5.74, 6) is -6.86. The number of nitrogens with zero attached hydrogens (tertiary/aromatic N) is 1. The summed E-state index contributed by atoms with van der Waals surface area (Å²) in [6, 6.07) is 9.37. The molecule has 2 aromatic carbocycles. The molecule has 6 N–H and O–H groups in total. The number of rotatable bonds is 5. The van der Waals surface area contributed by atoms with E-state index in [9.17, 15) is 34.8 Å². The first-order valence-electron chi connectivity index (χ1n) is 13.1. The summed E-state index contributed by atoms with van der Waals surface area (Å²) >= 11 is 0. The number of benzene rings is 2. The van der Waals surface area contributed by atoms with Crippen molar-refractivity contribution in [1.82, 2.24) is 4.90 Å². The van der Waals surface area contributed by atoms with Gasteiger partial charge >= 0.3 is 0 Å². The van der Waals surface area contributed by atoms with Crippen molar-refractivity contribution in [2.75, 3.05) is 21.2 Å². The van der Waals surface area contributed by atoms with Crippen LogP contribution in [0.3, 0.4) is 0 Å². The molecule has 0 spiro atoms. The van der Waals surface area contributed by atoms with Gasteiger partial charge in [0.2, 0.25) is 5.78 Å². The number of aliphatic hydroxyl groups is 3. The Balaban J connectivity index is 1.69. The normalized spacial score (nSPS) is 26.8. The number of ketones is 2. The molecule has 2 aromatic rings. The maximum Gasteiger partial charge on any atom is 0.255 e. The van der Waals surface area contributed by atoms with E-state index in [1.54, 1.807) is 20.2 Å². The number of carbonyl (C=O) groups is 3. The van der Waals surface area contributed by atoms with Gasteiger partial charge in [-0.05, 0) is 67.2 Å². The number of primary amides is 1. The first-order chi connectivity index (χ1) is 18.9. The number of hydrogen-bond acceptors (Lipinski definition) is 9. The van der Waals surface area contributed by atoms with Crippen molar-refractivity contribution in [3.63, 3.8) is 0 Å². The highest BCUT2D eigenvalue weighted by atomic mass is 16.5. The zero-order valence-corrected chi connectivity index (χ0v) is 21.5. The molecule has 1 fully saturated rings. The van der Waals surface area contributed by atoms with Crippen LogP contribution in [0.4, 0.5) is 0 Å². The molecule has 204 valence electrons. The monoisotopic (exact) mass is 536 g/mol. The molecule has 10 nitrogen and oxygen atoms in total. The molecular weight excluding hydrogens is 504 g/mol. The molecule has 0 aliphatic heterocycles. The number of methoxy groups -OCH3 is 1. The number of ether oxygens (including phenoxy) is 1. The summed E-state index contributed by atoms with van der Waals surface area (Å²) < 4.78 is 12.4. The van der Waals surface area contributed by atoms with Gasteiger partial charge in [-0.25, -0.2) is 0 Å². The first kappa shape index (κ1) is 25.3. The standard InChI is InChI=1S/C29H30N2O8/c1-31(2)23-18-11-15-10-17-16(14-6-4-5-13(9-14)12-39-3)7-8-19(32)21(17)24(33)20(15)26(35)29(18,38)27(36)22(25(23)34)28(30)37/h4-9,15,18,23,32-33,36,38H,10-12H2,1-3H3,(H2,30,37)/t15?,18?,23-,29-/m0/s1/i3T. The van der Waals surface area contributed by atoms with E-state index < -0.39 is 58.0 Å². The molecule has 0 saturated heterocycles. The lowest BCUT2D eigenvalue weighted by Crippen LogP contribution is -2.65. The lowest BCUT2D eigenvalue weighted by atomic mass is 9.57. The third-order valence-corrected chi connectivity index (χ3v) is 8.11. The van der Waals surface area contributed by atoms with E-state index in [4.69, 9.17) is 11.8 Å². The third kappa shape index (κ3) is 3.78. The molecule has 5 rings (SSSR count). The van der Waals surface area contributed by atoms with Crippen molar-refractivity contribution >= 4 is 23.2 Å². The van der Waals surface area contributed by atoms with Crippen LogP contribution in [0.1, 0.15) is 24.5 Å². The molecule has 3 aliphatic rings. The van der Waals surface area contributed by atoms with Gasteiger partial charge in [0.25, 0.3) is 5.91 Å². The number of Topliss-reactive ketones (excluding diaryl/α,β-unsaturated/α-hetero) is 2. The fraction of sp³-hybridized carbons (Fsp3) is 0.345. The third-order valence-electron chi connectivity index (χ3n) is 8.11. The Morgan fingerprint density at radius 2 is 1.95 bits per heavy atom. The minimum Gasteiger partial charge on any atom is -0.508 e. The SMILES string of the molecule is [3H]COCc1cccc(-c2ccc(O)c3c2CC2CC4[C@H](N(C)C)C(=O)C(C(N)=O)=C(O)[C@@]4(O)C(=O)C2=C3O)c1. The van der Waals surface area contributed by atoms with E-state index in [0.717, 1.165) is 11.1 Å². The number of nitrogens with two attached hydrogens (primary N) is 1. The van der Waals surface area contributed by atoms with Gasteiger partial charge in [-0.2, -0.15) is 0 Å². The zero-order valence-electron chi connectivity index (χ0n) is 22.5. The zero-order chi connectivity index (χ0) is 29.1. The van der Waals surface area contributed by atoms with Gasteiger partial charge in [-0.3, -0.25) is 19.3 Å². The number of phenols is 1. The second kappa shape index (κ2) is 9.33. The van der Waals surface area contributed by atoms with Crippen LogP contribution in [0, 0.1) is 11.8 Å². The summed E-state index contributed by atoms with van der Waals surface area (Å²) in [6.07, 6.45) is 0.198. The van der Waals surface area contributed by atoms with Crippen LogP contribution in [-0.4, -0.2) is 75.6 Å². The van der Waals surface area contributed by atoms with Gasteiger partial charge in [0, 0.05) is 18.6 Å². The van der Waals surface area contributed by atoms with Crippen LogP contribution >= 0.6 is 0 Å². The number of aliphatic hydroxyl groups excluding tert-OH is 2. The van der Waals surface area contributed by atoms with E-state index in [2.05, 4.69) is 0 Å². The Kier molecular flexibility index (Phi) is 6.05. The lowest BCUT2D eigenvalue weighted by Gasteiger charge is -2.50. The maximum absolute atomic E-state index is 13.9. The van der Waals surface area contributed by atoms with Crippen LogP contribution in [-0.2, 0) is 32.1 Å². The van der Waals surface area contributed by atoms with Crippen LogP contribution in [0.2, 0.25) is 0 Å². The van der Waals surface area contributed by atoms with Crippen LogP contribution in [0.15, 0.2) is 53.3 Å². The highest BCUT2D eigenvalue weighted by molar-refractivity contribution is 6.24. The lowest BCUT2D eigenvalue weighted by molar-refractivity contribution is -0.153. The summed E-state index contributed by atoms with van der Waals surface area (Å²) in [4.78, 5) is 40.8. The molecule has 0 radical (unpaired) electrons. The topological polar surface area (TPSA) is 171 Å². The number of amides is 1. The molecule has 1 amide bonds. The molecule has 1 saturated carbocycles. The Morgan fingerprint density at radius 3 is 2.62 bits per heavy atom. The maximum atomic E-state index is 13.9. The molecule has 0 aromatic heterocycles. The van der Waals surface area contributed by atoms with E-state index in [0.29, 0.717) is 11.1 Å². The fourth-order valence-electron chi connectivity index (χ4n) is 6.46. The summed E-state index contributed by atoms with van der Waals surface area (Å²) in [5.41, 5.74) is 4.53. The van der Waals surface area contributed by atoms with Gasteiger partial charge in [-0.15, -0.1) is 0 Å². The predicted octanol–water partition coefficient (Wildman–Crippen LogP) is 1.78. The number of fused-ring (bicyclic) bond motifs is 3. The second-order valence-corrected chi connectivity index (χ2v) is 10.5. The van der Waals surface area contributed by atoms with Gasteiger partial charge < -0.3 is 30.9 Å². The van der Waals surface area contributed by atoms with E-state index in [-0.39, 0.29) is 43.4 Å². The van der Waals surface area contributed by atoms with Gasteiger partial charge in [0.05, 0.1) is 19.6 Å². The van der Waals surface area contributed by atoms with Gasteiger partial charge in [0.15, 0.2) is 11.4 Å². The number of carbonyl (C=O) groups excluding carboxylic acids is 3. The van der Waals surface area contributed by atoms with E-state index in [1.807, 2.05) is 24.3 Å². The number of likely N-dealkylation sites (N-methyl/N-ethyl adjacent to an activating group) is 1. The molecule has 3 aliphatic carbocycles. The van der Waals surface area contributed by atoms with Crippen LogP contribution in [0.25, 0.3) is 16.9 Å². The number of aromatic hydroxyl groups is 1. The summed E-state index contributed by atoms with van der Waals surface area (Å²) in [5, 5.41) is 44.9. The predicted molar refractivity (Wildman–Crippen MR) is 140 cm³/mol. The Hall–Kier alpha value is -3.99. The molecular formula is C29H30N2O8. The van der Waals surface area contributed by atoms with E-state index >= 15 is 0 Å². The minimum absolute atomic E-state index is 0.0121. The number of phenolic OH excluding ortho intramolecular Hbond substituents is 1. The van der Waals surface area contributed by atoms with Crippen molar-refractivity contribution < 1.29 is 40.9 Å². The molecule has 2 unspecified atom stereocenters. The Bertz CT molecular complexity index is 1510. The minimum atomic E-state index is -2.68. The van der Waals surface area contributed by atoms with E-state index in [1.165, 1.54) is 11.0 Å². The van der Waals surface area contributed by atoms with Crippen molar-refractivity contribution in [3.8, 4) is 16.9 Å².